The Balaban J connectivity index is 2.37. The van der Waals surface area contributed by atoms with Gasteiger partial charge < -0.3 is 10.2 Å². The molecule has 1 aliphatic rings. The summed E-state index contributed by atoms with van der Waals surface area (Å²) in [5.74, 6) is 0.826. The number of hydrogen-bond acceptors (Lipinski definition) is 3. The van der Waals surface area contributed by atoms with Gasteiger partial charge in [-0.25, -0.2) is 0 Å². The van der Waals surface area contributed by atoms with E-state index in [1.165, 1.54) is 36.1 Å². The van der Waals surface area contributed by atoms with Crippen molar-refractivity contribution in [2.24, 2.45) is 5.92 Å². The molecule has 1 aromatic heterocycles. The van der Waals surface area contributed by atoms with E-state index in [4.69, 9.17) is 0 Å². The van der Waals surface area contributed by atoms with Crippen molar-refractivity contribution >= 4 is 11.3 Å². The number of thiophene rings is 1. The van der Waals surface area contributed by atoms with Gasteiger partial charge in [-0.1, -0.05) is 26.7 Å². The van der Waals surface area contributed by atoms with Crippen LogP contribution in [0.4, 0.5) is 0 Å². The Hall–Kier alpha value is -0.380. The topological polar surface area (TPSA) is 15.3 Å². The van der Waals surface area contributed by atoms with Crippen LogP contribution < -0.4 is 5.32 Å². The predicted octanol–water partition coefficient (Wildman–Crippen LogP) is 4.22. The quantitative estimate of drug-likeness (QED) is 0.875. The van der Waals surface area contributed by atoms with Crippen LogP contribution in [0.15, 0.2) is 11.4 Å². The molecular formula is C17H30N2S. The normalized spacial score (nSPS) is 28.8. The first kappa shape index (κ1) is 16.0. The molecule has 1 fully saturated rings. The van der Waals surface area contributed by atoms with Gasteiger partial charge in [0.2, 0.25) is 0 Å². The van der Waals surface area contributed by atoms with Gasteiger partial charge in [0.25, 0.3) is 0 Å². The fraction of sp³-hybridized carbons (Fsp3) is 0.765. The molecule has 0 aromatic carbocycles. The van der Waals surface area contributed by atoms with E-state index in [1.807, 2.05) is 11.3 Å². The molecule has 2 nitrogen and oxygen atoms in total. The highest BCUT2D eigenvalue weighted by Gasteiger charge is 2.44. The molecule has 0 bridgehead atoms. The van der Waals surface area contributed by atoms with Crippen LogP contribution >= 0.6 is 11.3 Å². The third-order valence-corrected chi connectivity index (χ3v) is 5.81. The minimum atomic E-state index is 0.265. The van der Waals surface area contributed by atoms with Crippen LogP contribution in [0.25, 0.3) is 0 Å². The van der Waals surface area contributed by atoms with Crippen molar-refractivity contribution in [3.8, 4) is 0 Å². The van der Waals surface area contributed by atoms with Crippen LogP contribution in [0.3, 0.4) is 0 Å². The lowest BCUT2D eigenvalue weighted by atomic mass is 9.70. The summed E-state index contributed by atoms with van der Waals surface area (Å²) in [7, 11) is 4.53. The standard InChI is InChI=1S/C17H30N2S/c1-6-18-16(15-10-14(3)20-12-15)17(19(4)5)9-7-8-13(2)11-17/h10,12-13,16,18H,6-9,11H2,1-5H3. The van der Waals surface area contributed by atoms with E-state index in [1.54, 1.807) is 0 Å². The average Bonchev–Trinajstić information content (AvgIpc) is 2.82. The largest absolute Gasteiger partial charge is 0.309 e. The van der Waals surface area contributed by atoms with Crippen molar-refractivity contribution in [2.75, 3.05) is 20.6 Å². The van der Waals surface area contributed by atoms with Crippen LogP contribution in [0.1, 0.15) is 56.0 Å². The number of nitrogens with zero attached hydrogens (tertiary/aromatic N) is 1. The Bertz CT molecular complexity index is 426. The Morgan fingerprint density at radius 3 is 2.75 bits per heavy atom. The van der Waals surface area contributed by atoms with E-state index in [-0.39, 0.29) is 5.54 Å². The van der Waals surface area contributed by atoms with Gasteiger partial charge in [0.05, 0.1) is 6.04 Å². The van der Waals surface area contributed by atoms with E-state index in [0.29, 0.717) is 6.04 Å². The van der Waals surface area contributed by atoms with Crippen molar-refractivity contribution < 1.29 is 0 Å². The van der Waals surface area contributed by atoms with Gasteiger partial charge in [0, 0.05) is 10.4 Å². The zero-order valence-electron chi connectivity index (χ0n) is 13.7. The summed E-state index contributed by atoms with van der Waals surface area (Å²) in [5.41, 5.74) is 1.75. The lowest BCUT2D eigenvalue weighted by Crippen LogP contribution is -2.56. The molecule has 1 saturated carbocycles. The van der Waals surface area contributed by atoms with E-state index >= 15 is 0 Å². The summed E-state index contributed by atoms with van der Waals surface area (Å²) in [4.78, 5) is 3.91. The number of nitrogens with one attached hydrogen (secondary N) is 1. The van der Waals surface area contributed by atoms with Crippen LogP contribution in [0.5, 0.6) is 0 Å². The molecule has 0 radical (unpaired) electrons. The first-order valence-corrected chi connectivity index (χ1v) is 8.83. The van der Waals surface area contributed by atoms with E-state index in [0.717, 1.165) is 12.5 Å². The van der Waals surface area contributed by atoms with Crippen LogP contribution in [-0.2, 0) is 0 Å². The van der Waals surface area contributed by atoms with E-state index < -0.39 is 0 Å². The van der Waals surface area contributed by atoms with Crippen LogP contribution in [0.2, 0.25) is 0 Å². The van der Waals surface area contributed by atoms with Gasteiger partial charge in [0.1, 0.15) is 0 Å². The molecule has 20 heavy (non-hydrogen) atoms. The second-order valence-electron chi connectivity index (χ2n) is 6.68. The van der Waals surface area contributed by atoms with Crippen molar-refractivity contribution in [3.05, 3.63) is 21.9 Å². The molecular weight excluding hydrogens is 264 g/mol. The van der Waals surface area contributed by atoms with Gasteiger partial charge in [-0.15, -0.1) is 11.3 Å². The molecule has 0 saturated heterocycles. The Kier molecular flexibility index (Phi) is 5.27. The van der Waals surface area contributed by atoms with Crippen molar-refractivity contribution in [1.29, 1.82) is 0 Å². The second-order valence-corrected chi connectivity index (χ2v) is 7.80. The van der Waals surface area contributed by atoms with Gasteiger partial charge in [-0.3, -0.25) is 0 Å². The fourth-order valence-corrected chi connectivity index (χ4v) is 4.66. The monoisotopic (exact) mass is 294 g/mol. The smallest absolute Gasteiger partial charge is 0.0515 e. The molecule has 0 amide bonds. The maximum absolute atomic E-state index is 3.79. The van der Waals surface area contributed by atoms with Gasteiger partial charge >= 0.3 is 0 Å². The molecule has 1 aromatic rings. The summed E-state index contributed by atoms with van der Waals surface area (Å²) < 4.78 is 0. The summed E-state index contributed by atoms with van der Waals surface area (Å²) in [6.45, 7) is 7.88. The zero-order valence-corrected chi connectivity index (χ0v) is 14.5. The summed E-state index contributed by atoms with van der Waals surface area (Å²) in [5, 5.41) is 6.14. The molecule has 3 heteroatoms. The number of aryl methyl sites for hydroxylation is 1. The van der Waals surface area contributed by atoms with Crippen LogP contribution in [-0.4, -0.2) is 31.1 Å². The minimum absolute atomic E-state index is 0.265. The molecule has 114 valence electrons. The number of likely N-dealkylation sites (N-methyl/N-ethyl adjacent to an activating group) is 2. The Labute approximate surface area is 128 Å². The first-order chi connectivity index (χ1) is 9.49. The first-order valence-electron chi connectivity index (χ1n) is 7.95. The van der Waals surface area contributed by atoms with Crippen molar-refractivity contribution in [1.82, 2.24) is 10.2 Å². The van der Waals surface area contributed by atoms with Crippen molar-refractivity contribution in [3.63, 3.8) is 0 Å². The number of hydrogen-bond donors (Lipinski definition) is 1. The Morgan fingerprint density at radius 1 is 1.50 bits per heavy atom. The summed E-state index contributed by atoms with van der Waals surface area (Å²) in [6.07, 6.45) is 5.34. The van der Waals surface area contributed by atoms with Gasteiger partial charge in [-0.05, 0) is 63.3 Å². The third-order valence-electron chi connectivity index (χ3n) is 4.93. The highest BCUT2D eigenvalue weighted by molar-refractivity contribution is 7.10. The lowest BCUT2D eigenvalue weighted by molar-refractivity contribution is 0.0373. The van der Waals surface area contributed by atoms with E-state index in [9.17, 15) is 0 Å². The lowest BCUT2D eigenvalue weighted by Gasteiger charge is -2.50. The summed E-state index contributed by atoms with van der Waals surface area (Å²) in [6, 6.07) is 2.83. The predicted molar refractivity (Wildman–Crippen MR) is 89.5 cm³/mol. The molecule has 2 rings (SSSR count). The van der Waals surface area contributed by atoms with E-state index in [2.05, 4.69) is 56.5 Å². The van der Waals surface area contributed by atoms with Gasteiger partial charge in [0.15, 0.2) is 0 Å². The molecule has 3 atom stereocenters. The SMILES string of the molecule is CCNC(c1csc(C)c1)C1(N(C)C)CCCC(C)C1. The molecule has 1 N–H and O–H groups in total. The maximum Gasteiger partial charge on any atom is 0.0515 e. The summed E-state index contributed by atoms with van der Waals surface area (Å²) >= 11 is 1.88. The zero-order chi connectivity index (χ0) is 14.8. The van der Waals surface area contributed by atoms with Gasteiger partial charge in [-0.2, -0.15) is 0 Å². The molecule has 1 aliphatic carbocycles. The number of rotatable bonds is 5. The molecule has 0 aliphatic heterocycles. The average molecular weight is 295 g/mol. The molecule has 1 heterocycles. The highest BCUT2D eigenvalue weighted by Crippen LogP contribution is 2.44. The maximum atomic E-state index is 3.79. The minimum Gasteiger partial charge on any atom is -0.309 e. The second kappa shape index (κ2) is 6.59. The third kappa shape index (κ3) is 3.10. The Morgan fingerprint density at radius 2 is 2.25 bits per heavy atom. The highest BCUT2D eigenvalue weighted by atomic mass is 32.1. The fourth-order valence-electron chi connectivity index (χ4n) is 3.93. The van der Waals surface area contributed by atoms with Crippen molar-refractivity contribution in [2.45, 2.75) is 58.0 Å². The molecule has 0 spiro atoms. The van der Waals surface area contributed by atoms with Crippen LogP contribution in [0, 0.1) is 12.8 Å². The molecule has 3 unspecified atom stereocenters.